The van der Waals surface area contributed by atoms with Crippen molar-refractivity contribution >= 4 is 5.91 Å². The van der Waals surface area contributed by atoms with Gasteiger partial charge in [-0.2, -0.15) is 0 Å². The van der Waals surface area contributed by atoms with Crippen LogP contribution < -0.4 is 5.32 Å². The Morgan fingerprint density at radius 1 is 1.25 bits per heavy atom. The van der Waals surface area contributed by atoms with Gasteiger partial charge in [-0.05, 0) is 6.42 Å². The van der Waals surface area contributed by atoms with Crippen molar-refractivity contribution in [2.45, 2.75) is 46.5 Å². The van der Waals surface area contributed by atoms with Gasteiger partial charge >= 0.3 is 0 Å². The number of hydrogen-bond acceptors (Lipinski definition) is 1. The molecule has 2 heteroatoms. The third kappa shape index (κ3) is 6.20. The first-order chi connectivity index (χ1) is 5.68. The van der Waals surface area contributed by atoms with E-state index in [1.807, 2.05) is 13.8 Å². The molecule has 0 saturated carbocycles. The SMILES string of the molecule is CCCCCC[N]C(=O)C(C)C. The number of carbonyl (C=O) groups is 1. The molecule has 12 heavy (non-hydrogen) atoms. The van der Waals surface area contributed by atoms with Crippen LogP contribution in [0.3, 0.4) is 0 Å². The summed E-state index contributed by atoms with van der Waals surface area (Å²) in [6.45, 7) is 6.67. The molecular formula is C10H20NO. The zero-order chi connectivity index (χ0) is 9.40. The van der Waals surface area contributed by atoms with E-state index < -0.39 is 0 Å². The predicted molar refractivity (Wildman–Crippen MR) is 51.0 cm³/mol. The van der Waals surface area contributed by atoms with Crippen LogP contribution in [0.15, 0.2) is 0 Å². The quantitative estimate of drug-likeness (QED) is 0.563. The van der Waals surface area contributed by atoms with Crippen LogP contribution >= 0.6 is 0 Å². The van der Waals surface area contributed by atoms with Crippen molar-refractivity contribution in [3.05, 3.63) is 0 Å². The standard InChI is InChI=1S/C10H20NO/c1-4-5-6-7-8-11-10(12)9(2)3/h9H,4-8H2,1-3H3. The number of nitrogens with zero attached hydrogens (tertiary/aromatic N) is 1. The highest BCUT2D eigenvalue weighted by Gasteiger charge is 2.06. The molecule has 0 saturated heterocycles. The van der Waals surface area contributed by atoms with Gasteiger partial charge < -0.3 is 0 Å². The highest BCUT2D eigenvalue weighted by atomic mass is 16.1. The first kappa shape index (κ1) is 11.5. The fourth-order valence-corrected chi connectivity index (χ4v) is 0.910. The van der Waals surface area contributed by atoms with Crippen LogP contribution in [-0.4, -0.2) is 12.5 Å². The van der Waals surface area contributed by atoms with E-state index in [-0.39, 0.29) is 11.8 Å². The maximum atomic E-state index is 11.0. The van der Waals surface area contributed by atoms with E-state index in [1.165, 1.54) is 19.3 Å². The van der Waals surface area contributed by atoms with Gasteiger partial charge in [-0.15, -0.1) is 0 Å². The van der Waals surface area contributed by atoms with E-state index in [2.05, 4.69) is 12.2 Å². The summed E-state index contributed by atoms with van der Waals surface area (Å²) < 4.78 is 0. The number of amides is 1. The molecule has 0 aliphatic heterocycles. The van der Waals surface area contributed by atoms with Crippen molar-refractivity contribution in [1.29, 1.82) is 0 Å². The Morgan fingerprint density at radius 3 is 2.42 bits per heavy atom. The number of carbonyl (C=O) groups excluding carboxylic acids is 1. The third-order valence-electron chi connectivity index (χ3n) is 1.77. The second-order valence-electron chi connectivity index (χ2n) is 3.44. The third-order valence-corrected chi connectivity index (χ3v) is 1.77. The average Bonchev–Trinajstić information content (AvgIpc) is 2.03. The molecule has 1 amide bonds. The topological polar surface area (TPSA) is 31.2 Å². The lowest BCUT2D eigenvalue weighted by molar-refractivity contribution is -0.124. The molecule has 0 bridgehead atoms. The van der Waals surface area contributed by atoms with Crippen LogP contribution in [0.5, 0.6) is 0 Å². The predicted octanol–water partition coefficient (Wildman–Crippen LogP) is 2.35. The zero-order valence-electron chi connectivity index (χ0n) is 8.47. The molecule has 0 unspecified atom stereocenters. The summed E-state index contributed by atoms with van der Waals surface area (Å²) in [6, 6.07) is 0. The number of hydrogen-bond donors (Lipinski definition) is 0. The van der Waals surface area contributed by atoms with Crippen molar-refractivity contribution in [3.8, 4) is 0 Å². The molecule has 0 rings (SSSR count). The van der Waals surface area contributed by atoms with Crippen LogP contribution in [0.1, 0.15) is 46.5 Å². The van der Waals surface area contributed by atoms with Gasteiger partial charge in [0.1, 0.15) is 0 Å². The van der Waals surface area contributed by atoms with Gasteiger partial charge in [0.05, 0.1) is 0 Å². The molecule has 0 aliphatic carbocycles. The van der Waals surface area contributed by atoms with Crippen molar-refractivity contribution in [2.75, 3.05) is 6.54 Å². The maximum absolute atomic E-state index is 11.0. The van der Waals surface area contributed by atoms with E-state index in [1.54, 1.807) is 0 Å². The van der Waals surface area contributed by atoms with Gasteiger partial charge in [0.2, 0.25) is 5.91 Å². The highest BCUT2D eigenvalue weighted by molar-refractivity contribution is 5.77. The summed E-state index contributed by atoms with van der Waals surface area (Å²) in [5.74, 6) is 0.114. The Hall–Kier alpha value is -0.530. The first-order valence-electron chi connectivity index (χ1n) is 4.89. The molecule has 0 spiro atoms. The van der Waals surface area contributed by atoms with Gasteiger partial charge in [0.25, 0.3) is 0 Å². The Kier molecular flexibility index (Phi) is 6.82. The van der Waals surface area contributed by atoms with Crippen molar-refractivity contribution in [2.24, 2.45) is 5.92 Å². The average molecular weight is 170 g/mol. The molecule has 0 N–H and O–H groups in total. The molecule has 0 aromatic rings. The number of rotatable bonds is 6. The van der Waals surface area contributed by atoms with Gasteiger partial charge in [-0.1, -0.05) is 40.0 Å². The molecule has 0 aromatic carbocycles. The minimum absolute atomic E-state index is 0.0477. The zero-order valence-corrected chi connectivity index (χ0v) is 8.47. The molecule has 0 aromatic heterocycles. The first-order valence-corrected chi connectivity index (χ1v) is 4.89. The maximum Gasteiger partial charge on any atom is 0.243 e. The smallest absolute Gasteiger partial charge is 0.243 e. The van der Waals surface area contributed by atoms with Gasteiger partial charge in [-0.3, -0.25) is 10.1 Å². The fraction of sp³-hybridized carbons (Fsp3) is 0.900. The lowest BCUT2D eigenvalue weighted by Crippen LogP contribution is -2.21. The molecular weight excluding hydrogens is 150 g/mol. The van der Waals surface area contributed by atoms with Gasteiger partial charge in [0, 0.05) is 12.5 Å². The molecule has 1 radical (unpaired) electrons. The minimum atomic E-state index is 0.0477. The van der Waals surface area contributed by atoms with E-state index in [9.17, 15) is 4.79 Å². The van der Waals surface area contributed by atoms with Crippen LogP contribution in [0.25, 0.3) is 0 Å². The van der Waals surface area contributed by atoms with Crippen molar-refractivity contribution in [3.63, 3.8) is 0 Å². The molecule has 2 nitrogen and oxygen atoms in total. The molecule has 0 atom stereocenters. The van der Waals surface area contributed by atoms with Crippen molar-refractivity contribution < 1.29 is 4.79 Å². The summed E-state index contributed by atoms with van der Waals surface area (Å²) >= 11 is 0. The van der Waals surface area contributed by atoms with Gasteiger partial charge in [-0.25, -0.2) is 0 Å². The van der Waals surface area contributed by atoms with Crippen LogP contribution in [0, 0.1) is 5.92 Å². The lowest BCUT2D eigenvalue weighted by Gasteiger charge is -2.03. The minimum Gasteiger partial charge on any atom is -0.273 e. The van der Waals surface area contributed by atoms with Crippen molar-refractivity contribution in [1.82, 2.24) is 5.32 Å². The second-order valence-corrected chi connectivity index (χ2v) is 3.44. The molecule has 71 valence electrons. The summed E-state index contributed by atoms with van der Waals surface area (Å²) in [7, 11) is 0. The number of unbranched alkanes of at least 4 members (excludes halogenated alkanes) is 3. The van der Waals surface area contributed by atoms with E-state index in [0.717, 1.165) is 13.0 Å². The van der Waals surface area contributed by atoms with E-state index >= 15 is 0 Å². The molecule has 0 aliphatic rings. The van der Waals surface area contributed by atoms with Crippen LogP contribution in [0.4, 0.5) is 0 Å². The Balaban J connectivity index is 3.14. The lowest BCUT2D eigenvalue weighted by atomic mass is 10.2. The van der Waals surface area contributed by atoms with E-state index in [0.29, 0.717) is 0 Å². The Bertz CT molecular complexity index is 121. The monoisotopic (exact) mass is 170 g/mol. The molecule has 0 fully saturated rings. The summed E-state index contributed by atoms with van der Waals surface area (Å²) in [5.41, 5.74) is 0. The van der Waals surface area contributed by atoms with E-state index in [4.69, 9.17) is 0 Å². The normalized spacial score (nSPS) is 10.3. The molecule has 0 heterocycles. The van der Waals surface area contributed by atoms with Gasteiger partial charge in [0.15, 0.2) is 0 Å². The summed E-state index contributed by atoms with van der Waals surface area (Å²) in [6.07, 6.45) is 4.75. The van der Waals surface area contributed by atoms with Crippen LogP contribution in [0.2, 0.25) is 0 Å². The summed E-state index contributed by atoms with van der Waals surface area (Å²) in [4.78, 5) is 11.0. The largest absolute Gasteiger partial charge is 0.273 e. The summed E-state index contributed by atoms with van der Waals surface area (Å²) in [5, 5.41) is 3.96. The highest BCUT2D eigenvalue weighted by Crippen LogP contribution is 1.98. The Morgan fingerprint density at radius 2 is 1.92 bits per heavy atom. The fourth-order valence-electron chi connectivity index (χ4n) is 0.910. The van der Waals surface area contributed by atoms with Crippen LogP contribution in [-0.2, 0) is 4.79 Å². The Labute approximate surface area is 75.7 Å². The second kappa shape index (κ2) is 7.14.